The van der Waals surface area contributed by atoms with Crippen LogP contribution in [0.5, 0.6) is 0 Å². The lowest BCUT2D eigenvalue weighted by Gasteiger charge is -2.17. The van der Waals surface area contributed by atoms with Gasteiger partial charge in [-0.25, -0.2) is 0 Å². The van der Waals surface area contributed by atoms with Crippen molar-refractivity contribution in [3.8, 4) is 0 Å². The maximum absolute atomic E-state index is 13.0. The summed E-state index contributed by atoms with van der Waals surface area (Å²) in [6.45, 7) is -0.484. The number of para-hydroxylation sites is 1. The van der Waals surface area contributed by atoms with Gasteiger partial charge in [-0.15, -0.1) is 0 Å². The van der Waals surface area contributed by atoms with Gasteiger partial charge in [-0.2, -0.15) is 13.2 Å². The summed E-state index contributed by atoms with van der Waals surface area (Å²) in [4.78, 5) is 24.2. The number of aliphatic hydroxyl groups is 1. The van der Waals surface area contributed by atoms with Crippen LogP contribution in [0.3, 0.4) is 0 Å². The smallest absolute Gasteiger partial charge is 0.416 e. The SMILES string of the molecule is O=C(NCC(O)c1ccccc1C(F)(F)F)c1cc(=O)c2ccccc2o1. The minimum atomic E-state index is -4.63. The molecule has 1 aromatic heterocycles. The van der Waals surface area contributed by atoms with Gasteiger partial charge in [-0.05, 0) is 23.8 Å². The molecule has 2 aromatic carbocycles. The van der Waals surface area contributed by atoms with E-state index in [2.05, 4.69) is 5.32 Å². The number of carbonyl (C=O) groups excluding carboxylic acids is 1. The first-order chi connectivity index (χ1) is 12.8. The molecule has 140 valence electrons. The third-order valence-corrected chi connectivity index (χ3v) is 3.94. The van der Waals surface area contributed by atoms with Crippen LogP contribution in [0.1, 0.15) is 27.8 Å². The van der Waals surface area contributed by atoms with Crippen molar-refractivity contribution in [2.45, 2.75) is 12.3 Å². The van der Waals surface area contributed by atoms with Gasteiger partial charge in [0, 0.05) is 12.6 Å². The van der Waals surface area contributed by atoms with Gasteiger partial charge in [0.05, 0.1) is 17.1 Å². The molecule has 3 aromatic rings. The quantitative estimate of drug-likeness (QED) is 0.731. The topological polar surface area (TPSA) is 79.5 Å². The van der Waals surface area contributed by atoms with E-state index >= 15 is 0 Å². The largest absolute Gasteiger partial charge is 0.451 e. The molecular formula is C19H14F3NO4. The van der Waals surface area contributed by atoms with Gasteiger partial charge >= 0.3 is 6.18 Å². The zero-order chi connectivity index (χ0) is 19.6. The second-order valence-electron chi connectivity index (χ2n) is 5.78. The summed E-state index contributed by atoms with van der Waals surface area (Å²) in [6.07, 6.45) is -6.22. The molecule has 0 saturated heterocycles. The van der Waals surface area contributed by atoms with Gasteiger partial charge in [0.1, 0.15) is 5.58 Å². The summed E-state index contributed by atoms with van der Waals surface area (Å²) in [7, 11) is 0. The highest BCUT2D eigenvalue weighted by atomic mass is 19.4. The molecule has 0 radical (unpaired) electrons. The Balaban J connectivity index is 1.78. The molecule has 1 heterocycles. The highest BCUT2D eigenvalue weighted by molar-refractivity contribution is 5.93. The Labute approximate surface area is 151 Å². The zero-order valence-corrected chi connectivity index (χ0v) is 13.8. The van der Waals surface area contributed by atoms with Crippen molar-refractivity contribution in [1.29, 1.82) is 0 Å². The number of alkyl halides is 3. The molecule has 0 spiro atoms. The molecule has 8 heteroatoms. The summed E-state index contributed by atoms with van der Waals surface area (Å²) >= 11 is 0. The maximum Gasteiger partial charge on any atom is 0.416 e. The molecule has 1 amide bonds. The van der Waals surface area contributed by atoms with Gasteiger partial charge in [0.2, 0.25) is 0 Å². The van der Waals surface area contributed by atoms with E-state index in [0.29, 0.717) is 5.39 Å². The Morgan fingerprint density at radius 2 is 1.78 bits per heavy atom. The molecule has 0 aliphatic rings. The van der Waals surface area contributed by atoms with Crippen LogP contribution in [0.25, 0.3) is 11.0 Å². The minimum absolute atomic E-state index is 0.207. The van der Waals surface area contributed by atoms with E-state index in [1.165, 1.54) is 18.2 Å². The molecule has 1 unspecified atom stereocenters. The monoisotopic (exact) mass is 377 g/mol. The van der Waals surface area contributed by atoms with Crippen molar-refractivity contribution in [3.63, 3.8) is 0 Å². The van der Waals surface area contributed by atoms with Crippen LogP contribution in [0, 0.1) is 0 Å². The van der Waals surface area contributed by atoms with Crippen LogP contribution < -0.4 is 10.7 Å². The fourth-order valence-corrected chi connectivity index (χ4v) is 2.65. The number of nitrogens with one attached hydrogen (secondary N) is 1. The molecule has 3 rings (SSSR count). The Kier molecular flexibility index (Phi) is 5.00. The van der Waals surface area contributed by atoms with Gasteiger partial charge in [0.25, 0.3) is 5.91 Å². The van der Waals surface area contributed by atoms with E-state index in [9.17, 15) is 27.9 Å². The number of carbonyl (C=O) groups is 1. The summed E-state index contributed by atoms with van der Waals surface area (Å²) in [5.41, 5.74) is -1.56. The van der Waals surface area contributed by atoms with E-state index in [0.717, 1.165) is 18.2 Å². The van der Waals surface area contributed by atoms with Gasteiger partial charge in [0.15, 0.2) is 11.2 Å². The average Bonchev–Trinajstić information content (AvgIpc) is 2.65. The van der Waals surface area contributed by atoms with E-state index in [4.69, 9.17) is 4.42 Å². The Morgan fingerprint density at radius 3 is 2.52 bits per heavy atom. The summed E-state index contributed by atoms with van der Waals surface area (Å²) in [6, 6.07) is 11.9. The molecule has 1 atom stereocenters. The van der Waals surface area contributed by atoms with Crippen molar-refractivity contribution >= 4 is 16.9 Å². The molecule has 2 N–H and O–H groups in total. The minimum Gasteiger partial charge on any atom is -0.451 e. The predicted molar refractivity (Wildman–Crippen MR) is 91.2 cm³/mol. The first kappa shape index (κ1) is 18.7. The third-order valence-electron chi connectivity index (χ3n) is 3.94. The standard InChI is InChI=1S/C19H14F3NO4/c20-19(21,22)13-7-3-1-5-11(13)15(25)10-23-18(26)17-9-14(24)12-6-2-4-8-16(12)27-17/h1-9,15,25H,10H2,(H,23,26). The highest BCUT2D eigenvalue weighted by Crippen LogP contribution is 2.34. The second kappa shape index (κ2) is 7.24. The van der Waals surface area contributed by atoms with Crippen molar-refractivity contribution in [1.82, 2.24) is 5.32 Å². The number of hydrogen-bond acceptors (Lipinski definition) is 4. The number of amides is 1. The lowest BCUT2D eigenvalue weighted by Crippen LogP contribution is -2.29. The average molecular weight is 377 g/mol. The first-order valence-electron chi connectivity index (χ1n) is 7.92. The number of halogens is 3. The van der Waals surface area contributed by atoms with Crippen LogP contribution in [0.15, 0.2) is 63.8 Å². The lowest BCUT2D eigenvalue weighted by atomic mass is 10.0. The normalized spacial score (nSPS) is 12.7. The fourth-order valence-electron chi connectivity index (χ4n) is 2.65. The predicted octanol–water partition coefficient (Wildman–Crippen LogP) is 3.28. The van der Waals surface area contributed by atoms with Crippen LogP contribution in [0.4, 0.5) is 13.2 Å². The number of aliphatic hydroxyl groups excluding tert-OH is 1. The van der Waals surface area contributed by atoms with Crippen molar-refractivity contribution < 1.29 is 27.5 Å². The van der Waals surface area contributed by atoms with Crippen molar-refractivity contribution in [2.24, 2.45) is 0 Å². The van der Waals surface area contributed by atoms with Crippen LogP contribution >= 0.6 is 0 Å². The highest BCUT2D eigenvalue weighted by Gasteiger charge is 2.34. The number of hydrogen-bond donors (Lipinski definition) is 2. The van der Waals surface area contributed by atoms with Crippen LogP contribution in [-0.4, -0.2) is 17.6 Å². The number of fused-ring (bicyclic) bond motifs is 1. The zero-order valence-electron chi connectivity index (χ0n) is 13.8. The van der Waals surface area contributed by atoms with Crippen LogP contribution in [-0.2, 0) is 6.18 Å². The van der Waals surface area contributed by atoms with Crippen molar-refractivity contribution in [2.75, 3.05) is 6.54 Å². The summed E-state index contributed by atoms with van der Waals surface area (Å²) in [5.74, 6) is -1.11. The third kappa shape index (κ3) is 4.01. The van der Waals surface area contributed by atoms with E-state index < -0.39 is 35.7 Å². The molecule has 0 fully saturated rings. The molecular weight excluding hydrogens is 363 g/mol. The van der Waals surface area contributed by atoms with E-state index in [1.807, 2.05) is 0 Å². The fraction of sp³-hybridized carbons (Fsp3) is 0.158. The molecule has 27 heavy (non-hydrogen) atoms. The van der Waals surface area contributed by atoms with Crippen molar-refractivity contribution in [3.05, 3.63) is 81.7 Å². The first-order valence-corrected chi connectivity index (χ1v) is 7.92. The Bertz CT molecular complexity index is 1040. The van der Waals surface area contributed by atoms with Gasteiger partial charge < -0.3 is 14.8 Å². The molecule has 0 aliphatic carbocycles. The Morgan fingerprint density at radius 1 is 1.11 bits per heavy atom. The van der Waals surface area contributed by atoms with E-state index in [-0.39, 0.29) is 16.9 Å². The van der Waals surface area contributed by atoms with Gasteiger partial charge in [-0.1, -0.05) is 30.3 Å². The summed E-state index contributed by atoms with van der Waals surface area (Å²) < 4.78 is 44.4. The maximum atomic E-state index is 13.0. The molecule has 0 bridgehead atoms. The Hall–Kier alpha value is -3.13. The summed E-state index contributed by atoms with van der Waals surface area (Å²) in [5, 5.41) is 12.7. The molecule has 0 saturated carbocycles. The van der Waals surface area contributed by atoms with E-state index in [1.54, 1.807) is 18.2 Å². The molecule has 0 aliphatic heterocycles. The number of rotatable bonds is 4. The van der Waals surface area contributed by atoms with Crippen LogP contribution in [0.2, 0.25) is 0 Å². The second-order valence-corrected chi connectivity index (χ2v) is 5.78. The lowest BCUT2D eigenvalue weighted by molar-refractivity contribution is -0.139. The number of benzene rings is 2. The molecule has 5 nitrogen and oxygen atoms in total. The van der Waals surface area contributed by atoms with Gasteiger partial charge in [-0.3, -0.25) is 9.59 Å².